The highest BCUT2D eigenvalue weighted by atomic mass is 32.2. The molecule has 0 fully saturated rings. The fraction of sp³-hybridized carbons (Fsp3) is 0.300. The van der Waals surface area contributed by atoms with Gasteiger partial charge < -0.3 is 14.2 Å². The van der Waals surface area contributed by atoms with Gasteiger partial charge in [0.15, 0.2) is 21.7 Å². The van der Waals surface area contributed by atoms with Gasteiger partial charge in [-0.2, -0.15) is 0 Å². The van der Waals surface area contributed by atoms with Gasteiger partial charge in [0.25, 0.3) is 0 Å². The topological polar surface area (TPSA) is 96.5 Å². The molecule has 3 heterocycles. The summed E-state index contributed by atoms with van der Waals surface area (Å²) < 4.78 is 18.3. The summed E-state index contributed by atoms with van der Waals surface area (Å²) in [6, 6.07) is 7.73. The van der Waals surface area contributed by atoms with Crippen LogP contribution in [0.2, 0.25) is 0 Å². The third-order valence-corrected chi connectivity index (χ3v) is 6.34. The van der Waals surface area contributed by atoms with Crippen LogP contribution in [-0.2, 0) is 0 Å². The van der Waals surface area contributed by atoms with E-state index in [0.29, 0.717) is 17.2 Å². The SMILES string of the molecule is COc1cc(-c2cnc3n2NC(N)(C(C)c2ccncc2)S3)cc(OC)c1OC. The van der Waals surface area contributed by atoms with E-state index < -0.39 is 4.99 Å². The molecule has 0 amide bonds. The minimum atomic E-state index is -0.750. The molecule has 9 heteroatoms. The fourth-order valence-corrected chi connectivity index (χ4v) is 4.47. The van der Waals surface area contributed by atoms with Gasteiger partial charge in [0, 0.05) is 23.9 Å². The lowest BCUT2D eigenvalue weighted by Gasteiger charge is -2.31. The summed E-state index contributed by atoms with van der Waals surface area (Å²) in [5, 5.41) is 0.789. The van der Waals surface area contributed by atoms with Crippen molar-refractivity contribution in [2.75, 3.05) is 26.8 Å². The van der Waals surface area contributed by atoms with Crippen LogP contribution in [0.5, 0.6) is 17.2 Å². The molecule has 4 rings (SSSR count). The zero-order chi connectivity index (χ0) is 20.6. The second-order valence-electron chi connectivity index (χ2n) is 6.68. The van der Waals surface area contributed by atoms with E-state index in [-0.39, 0.29) is 5.92 Å². The highest BCUT2D eigenvalue weighted by molar-refractivity contribution is 8.00. The Balaban J connectivity index is 1.71. The molecule has 0 saturated carbocycles. The van der Waals surface area contributed by atoms with Gasteiger partial charge in [-0.05, 0) is 41.6 Å². The standard InChI is InChI=1S/C20H23N5O3S/c1-12(13-5-7-22-8-6-13)20(21)24-25-15(11-23-19(25)29-20)14-9-16(26-2)18(28-4)17(10-14)27-3/h5-12,24H,21H2,1-4H3. The Morgan fingerprint density at radius 2 is 1.76 bits per heavy atom. The molecule has 8 nitrogen and oxygen atoms in total. The molecule has 0 radical (unpaired) electrons. The maximum atomic E-state index is 6.74. The molecule has 0 bridgehead atoms. The summed E-state index contributed by atoms with van der Waals surface area (Å²) in [5.74, 6) is 1.71. The summed E-state index contributed by atoms with van der Waals surface area (Å²) >= 11 is 1.50. The number of imidazole rings is 1. The maximum Gasteiger partial charge on any atom is 0.203 e. The minimum absolute atomic E-state index is 0.0185. The van der Waals surface area contributed by atoms with Crippen molar-refractivity contribution < 1.29 is 14.2 Å². The molecular weight excluding hydrogens is 390 g/mol. The van der Waals surface area contributed by atoms with Crippen LogP contribution in [0.15, 0.2) is 48.0 Å². The monoisotopic (exact) mass is 413 g/mol. The Hall–Kier alpha value is -2.91. The Morgan fingerprint density at radius 1 is 1.10 bits per heavy atom. The lowest BCUT2D eigenvalue weighted by atomic mass is 9.99. The number of hydrogen-bond acceptors (Lipinski definition) is 8. The Bertz CT molecular complexity index is 1000. The van der Waals surface area contributed by atoms with Crippen molar-refractivity contribution in [3.63, 3.8) is 0 Å². The second kappa shape index (κ2) is 7.49. The van der Waals surface area contributed by atoms with Crippen molar-refractivity contribution in [3.8, 4) is 28.5 Å². The zero-order valence-corrected chi connectivity index (χ0v) is 17.5. The van der Waals surface area contributed by atoms with Gasteiger partial charge >= 0.3 is 0 Å². The molecule has 0 aliphatic carbocycles. The van der Waals surface area contributed by atoms with Crippen molar-refractivity contribution in [2.24, 2.45) is 5.73 Å². The summed E-state index contributed by atoms with van der Waals surface area (Å²) in [4.78, 5) is 7.89. The highest BCUT2D eigenvalue weighted by Crippen LogP contribution is 2.46. The zero-order valence-electron chi connectivity index (χ0n) is 16.7. The molecule has 0 saturated heterocycles. The summed E-state index contributed by atoms with van der Waals surface area (Å²) in [5.41, 5.74) is 13.0. The van der Waals surface area contributed by atoms with E-state index in [1.165, 1.54) is 11.8 Å². The number of hydrogen-bond donors (Lipinski definition) is 2. The largest absolute Gasteiger partial charge is 0.493 e. The van der Waals surface area contributed by atoms with Crippen molar-refractivity contribution in [1.29, 1.82) is 0 Å². The first-order valence-electron chi connectivity index (χ1n) is 9.05. The number of thioether (sulfide) groups is 1. The van der Waals surface area contributed by atoms with Gasteiger partial charge in [0.2, 0.25) is 5.75 Å². The smallest absolute Gasteiger partial charge is 0.203 e. The van der Waals surface area contributed by atoms with E-state index in [4.69, 9.17) is 19.9 Å². The minimum Gasteiger partial charge on any atom is -0.493 e. The van der Waals surface area contributed by atoms with Crippen LogP contribution < -0.4 is 25.4 Å². The molecule has 1 aliphatic rings. The number of benzene rings is 1. The summed E-state index contributed by atoms with van der Waals surface area (Å²) in [6.07, 6.45) is 5.34. The van der Waals surface area contributed by atoms with E-state index in [1.807, 2.05) is 28.9 Å². The van der Waals surface area contributed by atoms with E-state index in [0.717, 1.165) is 22.0 Å². The Morgan fingerprint density at radius 3 is 2.34 bits per heavy atom. The third kappa shape index (κ3) is 3.26. The molecule has 1 aromatic carbocycles. The van der Waals surface area contributed by atoms with Crippen molar-refractivity contribution >= 4 is 11.8 Å². The number of nitrogens with two attached hydrogens (primary N) is 1. The fourth-order valence-electron chi connectivity index (χ4n) is 3.38. The van der Waals surface area contributed by atoms with Crippen LogP contribution in [0.1, 0.15) is 18.4 Å². The van der Waals surface area contributed by atoms with Gasteiger partial charge in [-0.15, -0.1) is 0 Å². The molecule has 2 atom stereocenters. The van der Waals surface area contributed by atoms with Gasteiger partial charge in [-0.1, -0.05) is 6.92 Å². The number of methoxy groups -OCH3 is 3. The van der Waals surface area contributed by atoms with Crippen LogP contribution in [0, 0.1) is 0 Å². The Kier molecular flexibility index (Phi) is 5.01. The van der Waals surface area contributed by atoms with Crippen LogP contribution in [0.3, 0.4) is 0 Å². The van der Waals surface area contributed by atoms with Crippen LogP contribution in [0.4, 0.5) is 0 Å². The van der Waals surface area contributed by atoms with E-state index in [9.17, 15) is 0 Å². The average Bonchev–Trinajstić information content (AvgIpc) is 3.29. The maximum absolute atomic E-state index is 6.74. The molecule has 1 aliphatic heterocycles. The quantitative estimate of drug-likeness (QED) is 0.637. The van der Waals surface area contributed by atoms with Crippen molar-refractivity contribution in [3.05, 3.63) is 48.4 Å². The predicted molar refractivity (Wildman–Crippen MR) is 112 cm³/mol. The molecule has 2 unspecified atom stereocenters. The van der Waals surface area contributed by atoms with Gasteiger partial charge in [0.1, 0.15) is 0 Å². The van der Waals surface area contributed by atoms with Crippen molar-refractivity contribution in [1.82, 2.24) is 14.6 Å². The van der Waals surface area contributed by atoms with Crippen LogP contribution in [0.25, 0.3) is 11.3 Å². The first-order chi connectivity index (χ1) is 14.0. The number of nitrogens with one attached hydrogen (secondary N) is 1. The number of rotatable bonds is 6. The normalized spacial score (nSPS) is 18.7. The van der Waals surface area contributed by atoms with Crippen LogP contribution >= 0.6 is 11.8 Å². The lowest BCUT2D eigenvalue weighted by Crippen LogP contribution is -2.48. The van der Waals surface area contributed by atoms with Gasteiger partial charge in [0.05, 0.1) is 33.2 Å². The number of pyridine rings is 1. The Labute approximate surface area is 173 Å². The molecule has 3 aromatic rings. The first-order valence-corrected chi connectivity index (χ1v) is 9.86. The van der Waals surface area contributed by atoms with Gasteiger partial charge in [-0.3, -0.25) is 16.1 Å². The lowest BCUT2D eigenvalue weighted by molar-refractivity contribution is 0.324. The highest BCUT2D eigenvalue weighted by Gasteiger charge is 2.42. The summed E-state index contributed by atoms with van der Waals surface area (Å²) in [7, 11) is 4.77. The average molecular weight is 414 g/mol. The van der Waals surface area contributed by atoms with Crippen molar-refractivity contribution in [2.45, 2.75) is 23.0 Å². The van der Waals surface area contributed by atoms with E-state index >= 15 is 0 Å². The number of aromatic nitrogens is 3. The molecule has 29 heavy (non-hydrogen) atoms. The molecular formula is C20H23N5O3S. The summed E-state index contributed by atoms with van der Waals surface area (Å²) in [6.45, 7) is 2.08. The third-order valence-electron chi connectivity index (χ3n) is 5.09. The van der Waals surface area contributed by atoms with E-state index in [2.05, 4.69) is 22.3 Å². The van der Waals surface area contributed by atoms with Crippen LogP contribution in [-0.4, -0.2) is 41.0 Å². The number of nitrogens with zero attached hydrogens (tertiary/aromatic N) is 3. The predicted octanol–water partition coefficient (Wildman–Crippen LogP) is 3.04. The molecule has 3 N–H and O–H groups in total. The van der Waals surface area contributed by atoms with E-state index in [1.54, 1.807) is 39.9 Å². The second-order valence-corrected chi connectivity index (χ2v) is 7.93. The molecule has 0 spiro atoms. The molecule has 2 aromatic heterocycles. The number of fused-ring (bicyclic) bond motifs is 1. The first kappa shape index (κ1) is 19.4. The molecule has 152 valence electrons. The number of ether oxygens (including phenoxy) is 3. The van der Waals surface area contributed by atoms with Gasteiger partial charge in [-0.25, -0.2) is 9.66 Å².